The molecule has 0 aliphatic carbocycles. The highest BCUT2D eigenvalue weighted by molar-refractivity contribution is 5.91. The van der Waals surface area contributed by atoms with Crippen LogP contribution in [-0.4, -0.2) is 53.8 Å². The van der Waals surface area contributed by atoms with Crippen molar-refractivity contribution in [3.05, 3.63) is 23.7 Å². The molecule has 0 saturated carbocycles. The molecule has 2 amide bonds. The number of furan rings is 1. The van der Waals surface area contributed by atoms with Crippen LogP contribution in [0, 0.1) is 11.3 Å². The van der Waals surface area contributed by atoms with Crippen LogP contribution in [-0.2, 0) is 11.2 Å². The van der Waals surface area contributed by atoms with E-state index in [1.54, 1.807) is 11.0 Å². The second kappa shape index (κ2) is 8.65. The first-order chi connectivity index (χ1) is 12.3. The molecule has 2 saturated heterocycles. The largest absolute Gasteiger partial charge is 0.456 e. The number of piperidine rings is 2. The van der Waals surface area contributed by atoms with Crippen LogP contribution in [0.25, 0.3) is 0 Å². The van der Waals surface area contributed by atoms with Gasteiger partial charge in [-0.25, -0.2) is 0 Å². The number of hydrogen-bond donors (Lipinski definition) is 1. The fourth-order valence-corrected chi connectivity index (χ4v) is 3.99. The Bertz CT molecular complexity index is 665. The Balaban J connectivity index is 0.00000261. The number of rotatable bonds is 3. The lowest BCUT2D eigenvalue weighted by molar-refractivity contribution is -0.140. The zero-order chi connectivity index (χ0) is 18.9. The number of amides is 2. The Hall–Kier alpha value is -1.53. The summed E-state index contributed by atoms with van der Waals surface area (Å²) >= 11 is 0. The van der Waals surface area contributed by atoms with E-state index in [0.717, 1.165) is 44.5 Å². The molecule has 2 N–H and O–H groups in total. The first-order valence-electron chi connectivity index (χ1n) is 9.74. The lowest BCUT2D eigenvalue weighted by atomic mass is 9.79. The molecule has 27 heavy (non-hydrogen) atoms. The molecule has 2 fully saturated rings. The molecule has 0 bridgehead atoms. The number of halogens is 1. The fraction of sp³-hybridized carbons (Fsp3) is 0.700. The van der Waals surface area contributed by atoms with Crippen molar-refractivity contribution in [3.8, 4) is 0 Å². The number of nitrogens with zero attached hydrogens (tertiary/aromatic N) is 2. The molecule has 0 radical (unpaired) electrons. The SMILES string of the molecule is CCc1ccc(C(=O)N2CCC(C(=O)N3CCC(N)C(C)(C)C3)CC2)o1.Cl. The fourth-order valence-electron chi connectivity index (χ4n) is 3.99. The van der Waals surface area contributed by atoms with Gasteiger partial charge in [0, 0.05) is 44.6 Å². The third kappa shape index (κ3) is 4.66. The summed E-state index contributed by atoms with van der Waals surface area (Å²) in [5.74, 6) is 1.39. The molecule has 1 aromatic rings. The van der Waals surface area contributed by atoms with Crippen molar-refractivity contribution >= 4 is 24.2 Å². The van der Waals surface area contributed by atoms with Crippen LogP contribution in [0.4, 0.5) is 0 Å². The van der Waals surface area contributed by atoms with Crippen molar-refractivity contribution in [2.24, 2.45) is 17.1 Å². The Morgan fingerprint density at radius 2 is 1.78 bits per heavy atom. The minimum absolute atomic E-state index is 0. The maximum Gasteiger partial charge on any atom is 0.289 e. The quantitative estimate of drug-likeness (QED) is 0.850. The average molecular weight is 398 g/mol. The van der Waals surface area contributed by atoms with Crippen LogP contribution >= 0.6 is 12.4 Å². The Labute approximate surface area is 167 Å². The van der Waals surface area contributed by atoms with Gasteiger partial charge in [0.2, 0.25) is 5.91 Å². The van der Waals surface area contributed by atoms with Crippen LogP contribution in [0.1, 0.15) is 56.3 Å². The van der Waals surface area contributed by atoms with E-state index in [9.17, 15) is 9.59 Å². The molecule has 1 atom stereocenters. The summed E-state index contributed by atoms with van der Waals surface area (Å²) in [6.07, 6.45) is 3.07. The molecule has 2 aliphatic heterocycles. The van der Waals surface area contributed by atoms with Crippen LogP contribution in [0.3, 0.4) is 0 Å². The standard InChI is InChI=1S/C20H31N3O3.ClH/c1-4-15-5-6-16(26-15)19(25)22-10-7-14(8-11-22)18(24)23-12-9-17(21)20(2,3)13-23;/h5-6,14,17H,4,7-13,21H2,1-3H3;1H. The molecule has 0 aromatic carbocycles. The molecular formula is C20H32ClN3O3. The molecule has 0 spiro atoms. The van der Waals surface area contributed by atoms with E-state index in [4.69, 9.17) is 10.2 Å². The van der Waals surface area contributed by atoms with E-state index >= 15 is 0 Å². The van der Waals surface area contributed by atoms with Crippen LogP contribution in [0.5, 0.6) is 0 Å². The monoisotopic (exact) mass is 397 g/mol. The van der Waals surface area contributed by atoms with Crippen molar-refractivity contribution in [1.29, 1.82) is 0 Å². The van der Waals surface area contributed by atoms with Crippen molar-refractivity contribution in [1.82, 2.24) is 9.80 Å². The summed E-state index contributed by atoms with van der Waals surface area (Å²) in [4.78, 5) is 29.2. The zero-order valence-corrected chi connectivity index (χ0v) is 17.4. The van der Waals surface area contributed by atoms with Gasteiger partial charge in [0.15, 0.2) is 5.76 Å². The first kappa shape index (κ1) is 21.8. The molecule has 7 heteroatoms. The number of likely N-dealkylation sites (tertiary alicyclic amines) is 2. The number of hydrogen-bond acceptors (Lipinski definition) is 4. The third-order valence-corrected chi connectivity index (χ3v) is 5.98. The molecular weight excluding hydrogens is 366 g/mol. The summed E-state index contributed by atoms with van der Waals surface area (Å²) in [5.41, 5.74) is 6.14. The van der Waals surface area contributed by atoms with Crippen molar-refractivity contribution in [3.63, 3.8) is 0 Å². The average Bonchev–Trinajstić information content (AvgIpc) is 3.12. The first-order valence-corrected chi connectivity index (χ1v) is 9.74. The van der Waals surface area contributed by atoms with E-state index in [1.165, 1.54) is 0 Å². The van der Waals surface area contributed by atoms with Crippen LogP contribution in [0.2, 0.25) is 0 Å². The van der Waals surface area contributed by atoms with Crippen LogP contribution in [0.15, 0.2) is 16.5 Å². The highest BCUT2D eigenvalue weighted by Gasteiger charge is 2.38. The van der Waals surface area contributed by atoms with Gasteiger partial charge in [-0.15, -0.1) is 12.4 Å². The summed E-state index contributed by atoms with van der Waals surface area (Å²) in [6, 6.07) is 3.75. The summed E-state index contributed by atoms with van der Waals surface area (Å²) in [5, 5.41) is 0. The summed E-state index contributed by atoms with van der Waals surface area (Å²) < 4.78 is 5.57. The molecule has 152 valence electrons. The number of carbonyl (C=O) groups is 2. The van der Waals surface area contributed by atoms with Gasteiger partial charge in [0.1, 0.15) is 5.76 Å². The second-order valence-electron chi connectivity index (χ2n) is 8.33. The van der Waals surface area contributed by atoms with Crippen molar-refractivity contribution in [2.75, 3.05) is 26.2 Å². The van der Waals surface area contributed by atoms with Gasteiger partial charge in [0.25, 0.3) is 5.91 Å². The maximum absolute atomic E-state index is 12.9. The minimum Gasteiger partial charge on any atom is -0.456 e. The summed E-state index contributed by atoms with van der Waals surface area (Å²) in [6.45, 7) is 8.94. The highest BCUT2D eigenvalue weighted by Crippen LogP contribution is 2.30. The van der Waals surface area contributed by atoms with E-state index < -0.39 is 0 Å². The van der Waals surface area contributed by atoms with E-state index in [1.807, 2.05) is 17.9 Å². The van der Waals surface area contributed by atoms with E-state index in [2.05, 4.69) is 13.8 Å². The van der Waals surface area contributed by atoms with Gasteiger partial charge in [0.05, 0.1) is 0 Å². The van der Waals surface area contributed by atoms with E-state index in [0.29, 0.717) is 18.8 Å². The van der Waals surface area contributed by atoms with Crippen molar-refractivity contribution in [2.45, 2.75) is 52.5 Å². The van der Waals surface area contributed by atoms with Crippen molar-refractivity contribution < 1.29 is 14.0 Å². The Kier molecular flexibility index (Phi) is 6.98. The molecule has 1 unspecified atom stereocenters. The van der Waals surface area contributed by atoms with Gasteiger partial charge >= 0.3 is 0 Å². The lowest BCUT2D eigenvalue weighted by Gasteiger charge is -2.44. The topological polar surface area (TPSA) is 79.8 Å². The zero-order valence-electron chi connectivity index (χ0n) is 16.6. The Morgan fingerprint density at radius 3 is 2.33 bits per heavy atom. The Morgan fingerprint density at radius 1 is 1.15 bits per heavy atom. The molecule has 6 nitrogen and oxygen atoms in total. The summed E-state index contributed by atoms with van der Waals surface area (Å²) in [7, 11) is 0. The molecule has 3 heterocycles. The third-order valence-electron chi connectivity index (χ3n) is 5.98. The number of nitrogens with two attached hydrogens (primary N) is 1. The predicted octanol–water partition coefficient (Wildman–Crippen LogP) is 2.70. The van der Waals surface area contributed by atoms with Gasteiger partial charge < -0.3 is 20.0 Å². The van der Waals surface area contributed by atoms with Gasteiger partial charge in [-0.1, -0.05) is 20.8 Å². The van der Waals surface area contributed by atoms with Gasteiger partial charge in [-0.3, -0.25) is 9.59 Å². The normalized spacial score (nSPS) is 23.0. The molecule has 1 aromatic heterocycles. The lowest BCUT2D eigenvalue weighted by Crippen LogP contribution is -2.55. The molecule has 2 aliphatic rings. The smallest absolute Gasteiger partial charge is 0.289 e. The number of aryl methyl sites for hydroxylation is 1. The predicted molar refractivity (Wildman–Crippen MR) is 107 cm³/mol. The van der Waals surface area contributed by atoms with Gasteiger partial charge in [-0.2, -0.15) is 0 Å². The van der Waals surface area contributed by atoms with Gasteiger partial charge in [-0.05, 0) is 36.8 Å². The number of carbonyl (C=O) groups excluding carboxylic acids is 2. The second-order valence-corrected chi connectivity index (χ2v) is 8.33. The highest BCUT2D eigenvalue weighted by atomic mass is 35.5. The van der Waals surface area contributed by atoms with Crippen LogP contribution < -0.4 is 5.73 Å². The maximum atomic E-state index is 12.9. The minimum atomic E-state index is -0.0688. The molecule has 3 rings (SSSR count). The van der Waals surface area contributed by atoms with E-state index in [-0.39, 0.29) is 41.6 Å².